The highest BCUT2D eigenvalue weighted by atomic mass is 16.6. The summed E-state index contributed by atoms with van der Waals surface area (Å²) >= 11 is 0. The van der Waals surface area contributed by atoms with Crippen molar-refractivity contribution >= 4 is 22.7 Å². The monoisotopic (exact) mass is 372 g/mol. The van der Waals surface area contributed by atoms with Gasteiger partial charge in [0.25, 0.3) is 0 Å². The Labute approximate surface area is 158 Å². The number of carbonyl (C=O) groups is 1. The summed E-state index contributed by atoms with van der Waals surface area (Å²) < 4.78 is 7.51. The van der Waals surface area contributed by atoms with E-state index in [4.69, 9.17) is 10.5 Å². The molecule has 1 saturated heterocycles. The van der Waals surface area contributed by atoms with Crippen LogP contribution in [0.2, 0.25) is 0 Å². The molecule has 3 atom stereocenters. The number of aliphatic hydroxyl groups excluding tert-OH is 1. The molecule has 1 aromatic heterocycles. The fraction of sp³-hybridized carbons (Fsp3) is 0.550. The molecule has 0 saturated carbocycles. The normalized spacial score (nSPS) is 24.5. The van der Waals surface area contributed by atoms with Gasteiger partial charge in [0.15, 0.2) is 0 Å². The van der Waals surface area contributed by atoms with Crippen LogP contribution in [-0.2, 0) is 24.1 Å². The van der Waals surface area contributed by atoms with E-state index in [9.17, 15) is 9.90 Å². The molecule has 1 fully saturated rings. The molecule has 1 aliphatic carbocycles. The van der Waals surface area contributed by atoms with Crippen LogP contribution in [0.1, 0.15) is 31.5 Å². The molecule has 1 aliphatic heterocycles. The van der Waals surface area contributed by atoms with Crippen molar-refractivity contribution in [2.45, 2.75) is 63.9 Å². The third kappa shape index (κ3) is 3.49. The van der Waals surface area contributed by atoms with Crippen LogP contribution in [-0.4, -0.2) is 46.6 Å². The van der Waals surface area contributed by atoms with E-state index >= 15 is 0 Å². The van der Waals surface area contributed by atoms with Crippen LogP contribution in [0.5, 0.6) is 0 Å². The lowest BCUT2D eigenvalue weighted by molar-refractivity contribution is 0.112. The van der Waals surface area contributed by atoms with Gasteiger partial charge >= 0.3 is 6.09 Å². The summed E-state index contributed by atoms with van der Waals surface area (Å²) in [6.45, 7) is 5.23. The Morgan fingerprint density at radius 2 is 2.26 bits per heavy atom. The molecule has 146 valence electrons. The smallest absolute Gasteiger partial charge is 0.407 e. The van der Waals surface area contributed by atoms with Gasteiger partial charge in [0, 0.05) is 41.3 Å². The summed E-state index contributed by atoms with van der Waals surface area (Å²) in [4.78, 5) is 12.0. The third-order valence-electron chi connectivity index (χ3n) is 5.56. The van der Waals surface area contributed by atoms with E-state index in [0.717, 1.165) is 42.4 Å². The number of anilines is 1. The van der Waals surface area contributed by atoms with Gasteiger partial charge in [0.2, 0.25) is 0 Å². The number of ether oxygens (including phenoxy) is 1. The van der Waals surface area contributed by atoms with Crippen LogP contribution in [0.15, 0.2) is 18.2 Å². The Bertz CT molecular complexity index is 861. The van der Waals surface area contributed by atoms with Crippen molar-refractivity contribution in [2.75, 3.05) is 12.3 Å². The molecule has 1 amide bonds. The predicted octanol–water partition coefficient (Wildman–Crippen LogP) is 1.55. The van der Waals surface area contributed by atoms with E-state index in [1.807, 2.05) is 26.0 Å². The maximum Gasteiger partial charge on any atom is 0.407 e. The van der Waals surface area contributed by atoms with Gasteiger partial charge in [0.05, 0.1) is 18.2 Å². The zero-order chi connectivity index (χ0) is 19.1. The SMILES string of the molecule is CC(C)OC(=O)N[C@H]1Cc2c(n(CC3NCCC3O)c3ccc(N)cc23)C1. The Morgan fingerprint density at radius 3 is 2.96 bits per heavy atom. The van der Waals surface area contributed by atoms with E-state index < -0.39 is 0 Å². The number of carbonyl (C=O) groups excluding carboxylic acids is 1. The summed E-state index contributed by atoms with van der Waals surface area (Å²) in [5, 5.41) is 17.7. The van der Waals surface area contributed by atoms with Crippen molar-refractivity contribution in [3.8, 4) is 0 Å². The number of amides is 1. The van der Waals surface area contributed by atoms with Gasteiger partial charge in [0.1, 0.15) is 0 Å². The van der Waals surface area contributed by atoms with Gasteiger partial charge in [-0.3, -0.25) is 0 Å². The van der Waals surface area contributed by atoms with Gasteiger partial charge in [-0.25, -0.2) is 4.79 Å². The Hall–Kier alpha value is -2.25. The summed E-state index contributed by atoms with van der Waals surface area (Å²) in [6.07, 6.45) is 1.45. The number of benzene rings is 1. The second kappa shape index (κ2) is 7.05. The number of aromatic nitrogens is 1. The maximum atomic E-state index is 12.0. The molecule has 7 nitrogen and oxygen atoms in total. The molecule has 2 heterocycles. The fourth-order valence-corrected chi connectivity index (χ4v) is 4.37. The van der Waals surface area contributed by atoms with Gasteiger partial charge in [-0.2, -0.15) is 0 Å². The summed E-state index contributed by atoms with van der Waals surface area (Å²) in [7, 11) is 0. The van der Waals surface area contributed by atoms with E-state index in [1.54, 1.807) is 0 Å². The first-order valence-corrected chi connectivity index (χ1v) is 9.70. The Balaban J connectivity index is 1.63. The molecular weight excluding hydrogens is 344 g/mol. The second-order valence-corrected chi connectivity index (χ2v) is 7.93. The van der Waals surface area contributed by atoms with Gasteiger partial charge in [-0.05, 0) is 57.0 Å². The summed E-state index contributed by atoms with van der Waals surface area (Å²) in [5.41, 5.74) is 10.4. The number of nitrogens with zero attached hydrogens (tertiary/aromatic N) is 1. The molecule has 0 bridgehead atoms. The number of nitrogens with one attached hydrogen (secondary N) is 2. The minimum atomic E-state index is -0.372. The number of rotatable bonds is 4. The summed E-state index contributed by atoms with van der Waals surface area (Å²) in [5.74, 6) is 0. The number of aliphatic hydroxyl groups is 1. The lowest BCUT2D eigenvalue weighted by Gasteiger charge is -2.20. The molecular formula is C20H28N4O3. The largest absolute Gasteiger partial charge is 0.447 e. The number of hydrogen-bond acceptors (Lipinski definition) is 5. The minimum Gasteiger partial charge on any atom is -0.447 e. The highest BCUT2D eigenvalue weighted by Crippen LogP contribution is 2.35. The number of fused-ring (bicyclic) bond motifs is 3. The second-order valence-electron chi connectivity index (χ2n) is 7.93. The van der Waals surface area contributed by atoms with Crippen LogP contribution >= 0.6 is 0 Å². The average molecular weight is 372 g/mol. The number of nitrogen functional groups attached to an aromatic ring is 1. The molecule has 7 heteroatoms. The van der Waals surface area contributed by atoms with Gasteiger partial charge in [-0.15, -0.1) is 0 Å². The predicted molar refractivity (Wildman–Crippen MR) is 105 cm³/mol. The van der Waals surface area contributed by atoms with Crippen molar-refractivity contribution in [2.24, 2.45) is 0 Å². The highest BCUT2D eigenvalue weighted by Gasteiger charge is 2.32. The van der Waals surface area contributed by atoms with Crippen LogP contribution < -0.4 is 16.4 Å². The number of alkyl carbamates (subject to hydrolysis) is 1. The fourth-order valence-electron chi connectivity index (χ4n) is 4.37. The summed E-state index contributed by atoms with van der Waals surface area (Å²) in [6, 6.07) is 6.04. The lowest BCUT2D eigenvalue weighted by Crippen LogP contribution is -2.38. The lowest BCUT2D eigenvalue weighted by atomic mass is 10.1. The number of nitrogens with two attached hydrogens (primary N) is 1. The Kier molecular flexibility index (Phi) is 4.74. The molecule has 5 N–H and O–H groups in total. The maximum absolute atomic E-state index is 12.0. The molecule has 2 aliphatic rings. The van der Waals surface area contributed by atoms with Crippen LogP contribution in [0.4, 0.5) is 10.5 Å². The minimum absolute atomic E-state index is 0.0137. The van der Waals surface area contributed by atoms with Crippen molar-refractivity contribution < 1.29 is 14.6 Å². The van der Waals surface area contributed by atoms with Crippen molar-refractivity contribution in [1.29, 1.82) is 0 Å². The standard InChI is InChI=1S/C20H28N4O3/c1-11(2)27-20(26)23-13-8-15-14-7-12(21)3-4-17(14)24(18(15)9-13)10-16-19(25)5-6-22-16/h3-4,7,11,13,16,19,22,25H,5-6,8-10,21H2,1-2H3,(H,23,26)/t13-,16?,19?/m0/s1. The zero-order valence-corrected chi connectivity index (χ0v) is 15.9. The Morgan fingerprint density at radius 1 is 1.44 bits per heavy atom. The molecule has 0 spiro atoms. The van der Waals surface area contributed by atoms with E-state index in [1.165, 1.54) is 11.3 Å². The van der Waals surface area contributed by atoms with Gasteiger partial charge < -0.3 is 30.8 Å². The molecule has 4 rings (SSSR count). The quantitative estimate of drug-likeness (QED) is 0.610. The van der Waals surface area contributed by atoms with E-state index in [0.29, 0.717) is 6.54 Å². The zero-order valence-electron chi connectivity index (χ0n) is 15.9. The van der Waals surface area contributed by atoms with Crippen molar-refractivity contribution in [3.05, 3.63) is 29.5 Å². The van der Waals surface area contributed by atoms with E-state index in [-0.39, 0.29) is 30.4 Å². The first-order chi connectivity index (χ1) is 12.9. The van der Waals surface area contributed by atoms with Crippen molar-refractivity contribution in [1.82, 2.24) is 15.2 Å². The first kappa shape index (κ1) is 18.1. The number of hydrogen-bond donors (Lipinski definition) is 4. The topological polar surface area (TPSA) is 102 Å². The first-order valence-electron chi connectivity index (χ1n) is 9.70. The van der Waals surface area contributed by atoms with Crippen LogP contribution in [0.3, 0.4) is 0 Å². The van der Waals surface area contributed by atoms with Crippen molar-refractivity contribution in [3.63, 3.8) is 0 Å². The van der Waals surface area contributed by atoms with Crippen LogP contribution in [0.25, 0.3) is 10.9 Å². The molecule has 0 radical (unpaired) electrons. The molecule has 2 unspecified atom stereocenters. The average Bonchev–Trinajstić information content (AvgIpc) is 3.24. The third-order valence-corrected chi connectivity index (χ3v) is 5.56. The molecule has 27 heavy (non-hydrogen) atoms. The van der Waals surface area contributed by atoms with E-state index in [2.05, 4.69) is 21.3 Å². The molecule has 1 aromatic carbocycles. The van der Waals surface area contributed by atoms with Gasteiger partial charge in [-0.1, -0.05) is 0 Å². The highest BCUT2D eigenvalue weighted by molar-refractivity contribution is 5.89. The van der Waals surface area contributed by atoms with Crippen LogP contribution in [0, 0.1) is 0 Å². The molecule has 2 aromatic rings.